The van der Waals surface area contributed by atoms with Gasteiger partial charge in [0.25, 0.3) is 0 Å². The molecule has 0 spiro atoms. The molecule has 1 heterocycles. The Morgan fingerprint density at radius 1 is 1.32 bits per heavy atom. The van der Waals surface area contributed by atoms with Gasteiger partial charge < -0.3 is 5.73 Å². The molecule has 1 fully saturated rings. The highest BCUT2D eigenvalue weighted by Crippen LogP contribution is 2.27. The summed E-state index contributed by atoms with van der Waals surface area (Å²) in [5.41, 5.74) is 6.20. The second-order valence-electron chi connectivity index (χ2n) is 5.49. The SMILES string of the molecule is CC1CCCN(C(CN)c2cc(F)ccc2F)CC1. The normalized spacial score (nSPS) is 23.1. The van der Waals surface area contributed by atoms with E-state index >= 15 is 0 Å². The Balaban J connectivity index is 2.21. The van der Waals surface area contributed by atoms with Crippen LogP contribution >= 0.6 is 0 Å². The van der Waals surface area contributed by atoms with E-state index in [0.717, 1.165) is 32.0 Å². The van der Waals surface area contributed by atoms with Crippen LogP contribution in [0.4, 0.5) is 8.78 Å². The van der Waals surface area contributed by atoms with E-state index in [4.69, 9.17) is 5.73 Å². The second kappa shape index (κ2) is 6.44. The van der Waals surface area contributed by atoms with Crippen molar-refractivity contribution in [2.24, 2.45) is 11.7 Å². The molecule has 19 heavy (non-hydrogen) atoms. The van der Waals surface area contributed by atoms with Gasteiger partial charge in [0.2, 0.25) is 0 Å². The van der Waals surface area contributed by atoms with E-state index in [2.05, 4.69) is 11.8 Å². The Kier molecular flexibility index (Phi) is 4.88. The fourth-order valence-electron chi connectivity index (χ4n) is 2.84. The Morgan fingerprint density at radius 3 is 2.84 bits per heavy atom. The molecule has 1 aliphatic rings. The van der Waals surface area contributed by atoms with Crippen LogP contribution in [0.25, 0.3) is 0 Å². The topological polar surface area (TPSA) is 29.3 Å². The van der Waals surface area contributed by atoms with Crippen LogP contribution in [0.3, 0.4) is 0 Å². The standard InChI is InChI=1S/C15H22F2N2/c1-11-3-2-7-19(8-6-11)15(10-18)13-9-12(16)4-5-14(13)17/h4-5,9,11,15H,2-3,6-8,10,18H2,1H3. The van der Waals surface area contributed by atoms with Crippen molar-refractivity contribution in [3.05, 3.63) is 35.4 Å². The Bertz CT molecular complexity index is 423. The van der Waals surface area contributed by atoms with Crippen molar-refractivity contribution in [1.29, 1.82) is 0 Å². The van der Waals surface area contributed by atoms with Gasteiger partial charge >= 0.3 is 0 Å². The molecule has 2 rings (SSSR count). The van der Waals surface area contributed by atoms with Gasteiger partial charge in [0.05, 0.1) is 0 Å². The lowest BCUT2D eigenvalue weighted by Gasteiger charge is -2.30. The van der Waals surface area contributed by atoms with Crippen molar-refractivity contribution in [3.8, 4) is 0 Å². The largest absolute Gasteiger partial charge is 0.329 e. The summed E-state index contributed by atoms with van der Waals surface area (Å²) in [5, 5.41) is 0. The minimum absolute atomic E-state index is 0.221. The van der Waals surface area contributed by atoms with Crippen molar-refractivity contribution < 1.29 is 8.78 Å². The minimum Gasteiger partial charge on any atom is -0.329 e. The van der Waals surface area contributed by atoms with Crippen LogP contribution in [-0.4, -0.2) is 24.5 Å². The molecule has 2 atom stereocenters. The second-order valence-corrected chi connectivity index (χ2v) is 5.49. The molecule has 1 aromatic rings. The molecule has 4 heteroatoms. The first kappa shape index (κ1) is 14.4. The van der Waals surface area contributed by atoms with Crippen molar-refractivity contribution in [1.82, 2.24) is 4.90 Å². The molecular formula is C15H22F2N2. The minimum atomic E-state index is -0.405. The van der Waals surface area contributed by atoms with Gasteiger partial charge in [0, 0.05) is 18.2 Å². The van der Waals surface area contributed by atoms with E-state index in [9.17, 15) is 8.78 Å². The van der Waals surface area contributed by atoms with E-state index in [0.29, 0.717) is 18.0 Å². The summed E-state index contributed by atoms with van der Waals surface area (Å²) in [6.45, 7) is 4.36. The third-order valence-electron chi connectivity index (χ3n) is 4.03. The van der Waals surface area contributed by atoms with Gasteiger partial charge in [0.15, 0.2) is 0 Å². The van der Waals surface area contributed by atoms with Crippen molar-refractivity contribution in [2.75, 3.05) is 19.6 Å². The number of nitrogens with two attached hydrogens (primary N) is 1. The molecule has 0 bridgehead atoms. The number of rotatable bonds is 3. The van der Waals surface area contributed by atoms with Crippen LogP contribution in [0.15, 0.2) is 18.2 Å². The number of likely N-dealkylation sites (tertiary alicyclic amines) is 1. The van der Waals surface area contributed by atoms with Crippen LogP contribution in [-0.2, 0) is 0 Å². The first-order valence-corrected chi connectivity index (χ1v) is 7.01. The monoisotopic (exact) mass is 268 g/mol. The first-order chi connectivity index (χ1) is 9.11. The summed E-state index contributed by atoms with van der Waals surface area (Å²) >= 11 is 0. The maximum absolute atomic E-state index is 13.9. The quantitative estimate of drug-likeness (QED) is 0.912. The molecule has 106 valence electrons. The molecule has 1 aromatic carbocycles. The van der Waals surface area contributed by atoms with Gasteiger partial charge in [-0.2, -0.15) is 0 Å². The highest BCUT2D eigenvalue weighted by Gasteiger charge is 2.24. The predicted octanol–water partition coefficient (Wildman–Crippen LogP) is 3.09. The molecule has 2 unspecified atom stereocenters. The van der Waals surface area contributed by atoms with Crippen molar-refractivity contribution in [2.45, 2.75) is 32.2 Å². The zero-order valence-electron chi connectivity index (χ0n) is 11.4. The fraction of sp³-hybridized carbons (Fsp3) is 0.600. The Hall–Kier alpha value is -1.00. The summed E-state index contributed by atoms with van der Waals surface area (Å²) in [5.74, 6) is -0.0760. The van der Waals surface area contributed by atoms with E-state index in [1.54, 1.807) is 0 Å². The van der Waals surface area contributed by atoms with Crippen LogP contribution in [0.2, 0.25) is 0 Å². The third-order valence-corrected chi connectivity index (χ3v) is 4.03. The maximum atomic E-state index is 13.9. The predicted molar refractivity (Wildman–Crippen MR) is 72.7 cm³/mol. The van der Waals surface area contributed by atoms with E-state index in [-0.39, 0.29) is 11.9 Å². The maximum Gasteiger partial charge on any atom is 0.128 e. The lowest BCUT2D eigenvalue weighted by Crippen LogP contribution is -2.35. The molecule has 0 aromatic heterocycles. The smallest absolute Gasteiger partial charge is 0.128 e. The summed E-state index contributed by atoms with van der Waals surface area (Å²) in [7, 11) is 0. The third kappa shape index (κ3) is 3.51. The van der Waals surface area contributed by atoms with Crippen LogP contribution in [0, 0.1) is 17.6 Å². The highest BCUT2D eigenvalue weighted by molar-refractivity contribution is 5.23. The molecular weight excluding hydrogens is 246 g/mol. The van der Waals surface area contributed by atoms with E-state index < -0.39 is 5.82 Å². The highest BCUT2D eigenvalue weighted by atomic mass is 19.1. The zero-order chi connectivity index (χ0) is 13.8. The summed E-state index contributed by atoms with van der Waals surface area (Å²) in [6.07, 6.45) is 3.38. The number of hydrogen-bond acceptors (Lipinski definition) is 2. The van der Waals surface area contributed by atoms with E-state index in [1.165, 1.54) is 18.6 Å². The average molecular weight is 268 g/mol. The molecule has 0 aliphatic carbocycles. The molecule has 1 saturated heterocycles. The summed E-state index contributed by atoms with van der Waals surface area (Å²) < 4.78 is 27.2. The summed E-state index contributed by atoms with van der Waals surface area (Å²) in [4.78, 5) is 2.20. The van der Waals surface area contributed by atoms with E-state index in [1.807, 2.05) is 0 Å². The van der Waals surface area contributed by atoms with Crippen LogP contribution in [0.5, 0.6) is 0 Å². The van der Waals surface area contributed by atoms with Crippen molar-refractivity contribution >= 4 is 0 Å². The number of hydrogen-bond donors (Lipinski definition) is 1. The van der Waals surface area contributed by atoms with Gasteiger partial charge in [0.1, 0.15) is 11.6 Å². The van der Waals surface area contributed by atoms with Crippen LogP contribution in [0.1, 0.15) is 37.8 Å². The van der Waals surface area contributed by atoms with Gasteiger partial charge in [-0.15, -0.1) is 0 Å². The molecule has 0 saturated carbocycles. The Labute approximate surface area is 113 Å². The summed E-state index contributed by atoms with van der Waals surface area (Å²) in [6, 6.07) is 3.40. The Morgan fingerprint density at radius 2 is 2.11 bits per heavy atom. The first-order valence-electron chi connectivity index (χ1n) is 7.01. The molecule has 0 radical (unpaired) electrons. The van der Waals surface area contributed by atoms with Gasteiger partial charge in [-0.1, -0.05) is 6.92 Å². The van der Waals surface area contributed by atoms with Gasteiger partial charge in [-0.3, -0.25) is 4.90 Å². The molecule has 2 nitrogen and oxygen atoms in total. The van der Waals surface area contributed by atoms with Crippen LogP contribution < -0.4 is 5.73 Å². The molecule has 1 aliphatic heterocycles. The average Bonchev–Trinajstić information content (AvgIpc) is 2.60. The number of benzene rings is 1. The fourth-order valence-corrected chi connectivity index (χ4v) is 2.84. The lowest BCUT2D eigenvalue weighted by atomic mass is 10.0. The number of nitrogens with zero attached hydrogens (tertiary/aromatic N) is 1. The molecule has 0 amide bonds. The lowest BCUT2D eigenvalue weighted by molar-refractivity contribution is 0.203. The van der Waals surface area contributed by atoms with Gasteiger partial charge in [-0.05, 0) is 56.5 Å². The van der Waals surface area contributed by atoms with Gasteiger partial charge in [-0.25, -0.2) is 8.78 Å². The molecule has 2 N–H and O–H groups in total. The van der Waals surface area contributed by atoms with Crippen molar-refractivity contribution in [3.63, 3.8) is 0 Å². The zero-order valence-corrected chi connectivity index (χ0v) is 11.4. The number of halogens is 2.